The number of anilines is 1. The van der Waals surface area contributed by atoms with Crippen molar-refractivity contribution in [1.29, 1.82) is 0 Å². The number of nitrogens with one attached hydrogen (secondary N) is 1. The third-order valence-corrected chi connectivity index (χ3v) is 3.16. The molecule has 0 fully saturated rings. The van der Waals surface area contributed by atoms with E-state index in [9.17, 15) is 13.6 Å². The van der Waals surface area contributed by atoms with Gasteiger partial charge < -0.3 is 11.1 Å². The van der Waals surface area contributed by atoms with Crippen LogP contribution in [0.4, 0.5) is 14.5 Å². The number of hydrogen-bond donors (Lipinski definition) is 2. The molecule has 0 aliphatic heterocycles. The SMILES string of the molecule is Nc1cc(F)c(F)cc1C(=O)NCCc1cccc(Cl)c1. The molecule has 0 aromatic heterocycles. The maximum atomic E-state index is 13.1. The molecule has 3 N–H and O–H groups in total. The lowest BCUT2D eigenvalue weighted by molar-refractivity contribution is 0.0954. The number of rotatable bonds is 4. The van der Waals surface area contributed by atoms with Crippen LogP contribution in [-0.2, 0) is 6.42 Å². The van der Waals surface area contributed by atoms with Crippen LogP contribution in [0.2, 0.25) is 5.02 Å². The van der Waals surface area contributed by atoms with Gasteiger partial charge in [0.25, 0.3) is 5.91 Å². The Hall–Kier alpha value is -2.14. The minimum absolute atomic E-state index is 0.0833. The lowest BCUT2D eigenvalue weighted by Gasteiger charge is -2.08. The van der Waals surface area contributed by atoms with Crippen LogP contribution in [0.5, 0.6) is 0 Å². The molecule has 0 aliphatic carbocycles. The summed E-state index contributed by atoms with van der Waals surface area (Å²) in [6.45, 7) is 0.331. The van der Waals surface area contributed by atoms with Crippen LogP contribution in [0, 0.1) is 11.6 Å². The van der Waals surface area contributed by atoms with Crippen LogP contribution < -0.4 is 11.1 Å². The summed E-state index contributed by atoms with van der Waals surface area (Å²) in [5.41, 5.74) is 6.28. The van der Waals surface area contributed by atoms with Crippen molar-refractivity contribution >= 4 is 23.2 Å². The highest BCUT2D eigenvalue weighted by molar-refractivity contribution is 6.30. The van der Waals surface area contributed by atoms with Gasteiger partial charge in [0, 0.05) is 23.3 Å². The van der Waals surface area contributed by atoms with E-state index in [1.807, 2.05) is 12.1 Å². The van der Waals surface area contributed by atoms with Crippen molar-refractivity contribution in [1.82, 2.24) is 5.32 Å². The number of carbonyl (C=O) groups is 1. The van der Waals surface area contributed by atoms with Gasteiger partial charge in [0.15, 0.2) is 11.6 Å². The van der Waals surface area contributed by atoms with Gasteiger partial charge in [-0.3, -0.25) is 4.79 Å². The van der Waals surface area contributed by atoms with Crippen LogP contribution in [0.1, 0.15) is 15.9 Å². The molecule has 0 heterocycles. The number of hydrogen-bond acceptors (Lipinski definition) is 2. The maximum Gasteiger partial charge on any atom is 0.253 e. The van der Waals surface area contributed by atoms with Gasteiger partial charge in [0.2, 0.25) is 0 Å². The highest BCUT2D eigenvalue weighted by Gasteiger charge is 2.13. The molecule has 1 amide bonds. The Bertz CT molecular complexity index is 677. The highest BCUT2D eigenvalue weighted by Crippen LogP contribution is 2.17. The standard InChI is InChI=1S/C15H13ClF2N2O/c16-10-3-1-2-9(6-10)4-5-20-15(21)11-7-12(17)13(18)8-14(11)19/h1-3,6-8H,4-5,19H2,(H,20,21). The molecule has 0 atom stereocenters. The molecular formula is C15H13ClF2N2O. The molecule has 110 valence electrons. The normalized spacial score (nSPS) is 10.4. The summed E-state index contributed by atoms with van der Waals surface area (Å²) in [7, 11) is 0. The first-order chi connectivity index (χ1) is 9.97. The molecule has 0 radical (unpaired) electrons. The number of benzene rings is 2. The molecular weight excluding hydrogens is 298 g/mol. The fourth-order valence-electron chi connectivity index (χ4n) is 1.87. The number of carbonyl (C=O) groups excluding carboxylic acids is 1. The first-order valence-electron chi connectivity index (χ1n) is 6.24. The molecule has 0 unspecified atom stereocenters. The number of nitrogen functional groups attached to an aromatic ring is 1. The van der Waals surface area contributed by atoms with Crippen molar-refractivity contribution < 1.29 is 13.6 Å². The zero-order chi connectivity index (χ0) is 15.4. The molecule has 21 heavy (non-hydrogen) atoms. The summed E-state index contributed by atoms with van der Waals surface area (Å²) in [5, 5.41) is 3.22. The summed E-state index contributed by atoms with van der Waals surface area (Å²) in [5.74, 6) is -2.74. The Morgan fingerprint density at radius 3 is 2.62 bits per heavy atom. The molecule has 3 nitrogen and oxygen atoms in total. The molecule has 2 aromatic carbocycles. The Morgan fingerprint density at radius 1 is 1.19 bits per heavy atom. The van der Waals surface area contributed by atoms with Crippen LogP contribution in [0.3, 0.4) is 0 Å². The van der Waals surface area contributed by atoms with Gasteiger partial charge in [-0.15, -0.1) is 0 Å². The average Bonchev–Trinajstić information content (AvgIpc) is 2.43. The van der Waals surface area contributed by atoms with Crippen LogP contribution >= 0.6 is 11.6 Å². The van der Waals surface area contributed by atoms with Gasteiger partial charge in [-0.05, 0) is 30.2 Å². The summed E-state index contributed by atoms with van der Waals surface area (Å²) < 4.78 is 26.1. The quantitative estimate of drug-likeness (QED) is 0.852. The number of nitrogens with two attached hydrogens (primary N) is 1. The minimum atomic E-state index is -1.11. The van der Waals surface area contributed by atoms with Crippen molar-refractivity contribution in [3.8, 4) is 0 Å². The molecule has 0 saturated heterocycles. The molecule has 0 spiro atoms. The van der Waals surface area contributed by atoms with Crippen molar-refractivity contribution in [2.24, 2.45) is 0 Å². The van der Waals surface area contributed by atoms with Gasteiger partial charge in [0.1, 0.15) is 0 Å². The number of amides is 1. The summed E-state index contributed by atoms with van der Waals surface area (Å²) in [4.78, 5) is 11.9. The Labute approximate surface area is 125 Å². The van der Waals surface area contributed by atoms with Gasteiger partial charge in [-0.1, -0.05) is 23.7 Å². The van der Waals surface area contributed by atoms with E-state index in [-0.39, 0.29) is 11.3 Å². The van der Waals surface area contributed by atoms with Gasteiger partial charge >= 0.3 is 0 Å². The summed E-state index contributed by atoms with van der Waals surface area (Å²) in [6, 6.07) is 8.82. The zero-order valence-corrected chi connectivity index (χ0v) is 11.8. The van der Waals surface area contributed by atoms with E-state index in [0.717, 1.165) is 17.7 Å². The van der Waals surface area contributed by atoms with Gasteiger partial charge in [-0.25, -0.2) is 8.78 Å². The second kappa shape index (κ2) is 6.54. The molecule has 2 rings (SSSR count). The number of halogens is 3. The maximum absolute atomic E-state index is 13.1. The fourth-order valence-corrected chi connectivity index (χ4v) is 2.08. The van der Waals surface area contributed by atoms with Crippen molar-refractivity contribution in [3.63, 3.8) is 0 Å². The highest BCUT2D eigenvalue weighted by atomic mass is 35.5. The zero-order valence-electron chi connectivity index (χ0n) is 11.0. The van der Waals surface area contributed by atoms with E-state index in [2.05, 4.69) is 5.32 Å². The predicted octanol–water partition coefficient (Wildman–Crippen LogP) is 3.17. The average molecular weight is 311 g/mol. The second-order valence-corrected chi connectivity index (χ2v) is 4.93. The van der Waals surface area contributed by atoms with Crippen LogP contribution in [0.25, 0.3) is 0 Å². The Balaban J connectivity index is 1.98. The van der Waals surface area contributed by atoms with Crippen molar-refractivity contribution in [2.45, 2.75) is 6.42 Å². The predicted molar refractivity (Wildman–Crippen MR) is 78.3 cm³/mol. The van der Waals surface area contributed by atoms with Crippen LogP contribution in [-0.4, -0.2) is 12.5 Å². The topological polar surface area (TPSA) is 55.1 Å². The van der Waals surface area contributed by atoms with E-state index in [1.165, 1.54) is 0 Å². The van der Waals surface area contributed by atoms with Gasteiger partial charge in [0.05, 0.1) is 5.56 Å². The third-order valence-electron chi connectivity index (χ3n) is 2.93. The first-order valence-corrected chi connectivity index (χ1v) is 6.62. The first kappa shape index (κ1) is 15.3. The largest absolute Gasteiger partial charge is 0.398 e. The minimum Gasteiger partial charge on any atom is -0.398 e. The molecule has 2 aromatic rings. The molecule has 6 heteroatoms. The Kier molecular flexibility index (Phi) is 4.75. The monoisotopic (exact) mass is 310 g/mol. The van der Waals surface area contributed by atoms with E-state index < -0.39 is 17.5 Å². The Morgan fingerprint density at radius 2 is 1.90 bits per heavy atom. The lowest BCUT2D eigenvalue weighted by Crippen LogP contribution is -2.26. The summed E-state index contributed by atoms with van der Waals surface area (Å²) in [6.07, 6.45) is 0.565. The smallest absolute Gasteiger partial charge is 0.253 e. The third kappa shape index (κ3) is 3.92. The van der Waals surface area contributed by atoms with E-state index in [0.29, 0.717) is 18.0 Å². The summed E-state index contributed by atoms with van der Waals surface area (Å²) >= 11 is 5.85. The van der Waals surface area contributed by atoms with Crippen molar-refractivity contribution in [2.75, 3.05) is 12.3 Å². The van der Waals surface area contributed by atoms with Crippen LogP contribution in [0.15, 0.2) is 36.4 Å². The second-order valence-electron chi connectivity index (χ2n) is 4.49. The van der Waals surface area contributed by atoms with Crippen molar-refractivity contribution in [3.05, 3.63) is 64.2 Å². The lowest BCUT2D eigenvalue weighted by atomic mass is 10.1. The molecule has 0 aliphatic rings. The molecule has 0 bridgehead atoms. The van der Waals surface area contributed by atoms with E-state index in [1.54, 1.807) is 12.1 Å². The van der Waals surface area contributed by atoms with E-state index in [4.69, 9.17) is 17.3 Å². The van der Waals surface area contributed by atoms with Gasteiger partial charge in [-0.2, -0.15) is 0 Å². The fraction of sp³-hybridized carbons (Fsp3) is 0.133. The van der Waals surface area contributed by atoms with E-state index >= 15 is 0 Å². The molecule has 0 saturated carbocycles.